The van der Waals surface area contributed by atoms with Gasteiger partial charge in [-0.05, 0) is 35.0 Å². The second kappa shape index (κ2) is 8.74. The molecule has 1 saturated heterocycles. The molecule has 0 aliphatic carbocycles. The lowest BCUT2D eigenvalue weighted by atomic mass is 10.1. The summed E-state index contributed by atoms with van der Waals surface area (Å²) < 4.78 is 6.37. The van der Waals surface area contributed by atoms with Crippen molar-refractivity contribution in [3.8, 4) is 11.3 Å². The third kappa shape index (κ3) is 4.27. The number of amides is 2. The van der Waals surface area contributed by atoms with Crippen molar-refractivity contribution in [2.45, 2.75) is 6.54 Å². The number of hydrogen-bond acceptors (Lipinski definition) is 5. The zero-order valence-corrected chi connectivity index (χ0v) is 17.9. The van der Waals surface area contributed by atoms with Crippen molar-refractivity contribution in [3.05, 3.63) is 89.1 Å². The van der Waals surface area contributed by atoms with Crippen LogP contribution in [0.15, 0.2) is 82.2 Å². The van der Waals surface area contributed by atoms with E-state index in [1.165, 1.54) is 17.0 Å². The molecular formula is C25H22N4O4. The largest absolute Gasteiger partial charge is 0.459 e. The zero-order valence-electron chi connectivity index (χ0n) is 17.9. The van der Waals surface area contributed by atoms with Gasteiger partial charge in [-0.3, -0.25) is 14.4 Å². The normalized spacial score (nSPS) is 13.9. The third-order valence-electron chi connectivity index (χ3n) is 5.85. The van der Waals surface area contributed by atoms with E-state index in [1.807, 2.05) is 42.5 Å². The van der Waals surface area contributed by atoms with E-state index >= 15 is 0 Å². The monoisotopic (exact) mass is 442 g/mol. The van der Waals surface area contributed by atoms with Crippen molar-refractivity contribution >= 4 is 22.6 Å². The minimum atomic E-state index is -0.334. The van der Waals surface area contributed by atoms with Crippen molar-refractivity contribution < 1.29 is 14.0 Å². The van der Waals surface area contributed by atoms with E-state index in [9.17, 15) is 14.4 Å². The Morgan fingerprint density at radius 1 is 0.848 bits per heavy atom. The number of aromatic nitrogens is 2. The van der Waals surface area contributed by atoms with Crippen LogP contribution >= 0.6 is 0 Å². The summed E-state index contributed by atoms with van der Waals surface area (Å²) in [5, 5.41) is 6.64. The molecule has 5 rings (SSSR count). The van der Waals surface area contributed by atoms with Gasteiger partial charge in [0.15, 0.2) is 5.76 Å². The van der Waals surface area contributed by atoms with Gasteiger partial charge in [0.05, 0.1) is 12.0 Å². The van der Waals surface area contributed by atoms with Gasteiger partial charge in [0, 0.05) is 37.8 Å². The van der Waals surface area contributed by atoms with E-state index < -0.39 is 0 Å². The highest BCUT2D eigenvalue weighted by atomic mass is 16.3. The van der Waals surface area contributed by atoms with E-state index in [1.54, 1.807) is 28.0 Å². The highest BCUT2D eigenvalue weighted by Crippen LogP contribution is 2.22. The first-order valence-electron chi connectivity index (χ1n) is 10.8. The Balaban J connectivity index is 1.28. The number of rotatable bonds is 4. The predicted molar refractivity (Wildman–Crippen MR) is 123 cm³/mol. The first kappa shape index (κ1) is 20.7. The fraction of sp³-hybridized carbons (Fsp3) is 0.200. The number of furan rings is 1. The zero-order chi connectivity index (χ0) is 22.8. The van der Waals surface area contributed by atoms with E-state index in [0.29, 0.717) is 31.9 Å². The standard InChI is InChI=1S/C25H22N4O4/c30-23-10-9-21(20-8-7-18-4-1-2-5-19(18)16-20)26-29(23)17-24(31)27-11-13-28(14-12-27)25(32)22-6-3-15-33-22/h1-10,15-16H,11-14,17H2. The maximum Gasteiger partial charge on any atom is 0.289 e. The molecule has 0 N–H and O–H groups in total. The molecule has 0 saturated carbocycles. The second-order valence-electron chi connectivity index (χ2n) is 7.93. The van der Waals surface area contributed by atoms with Crippen LogP contribution in [-0.2, 0) is 11.3 Å². The van der Waals surface area contributed by atoms with Gasteiger partial charge in [-0.2, -0.15) is 5.10 Å². The number of benzene rings is 2. The molecule has 2 amide bonds. The molecule has 8 heteroatoms. The van der Waals surface area contributed by atoms with Crippen LogP contribution < -0.4 is 5.56 Å². The fourth-order valence-electron chi connectivity index (χ4n) is 4.01. The minimum absolute atomic E-state index is 0.146. The van der Waals surface area contributed by atoms with Gasteiger partial charge in [-0.1, -0.05) is 36.4 Å². The molecule has 2 aromatic heterocycles. The fourth-order valence-corrected chi connectivity index (χ4v) is 4.01. The van der Waals surface area contributed by atoms with Gasteiger partial charge in [0.2, 0.25) is 5.91 Å². The summed E-state index contributed by atoms with van der Waals surface area (Å²) >= 11 is 0. The molecule has 2 aromatic carbocycles. The Morgan fingerprint density at radius 3 is 2.36 bits per heavy atom. The van der Waals surface area contributed by atoms with E-state index in [2.05, 4.69) is 5.10 Å². The number of carbonyl (C=O) groups is 2. The second-order valence-corrected chi connectivity index (χ2v) is 7.93. The summed E-state index contributed by atoms with van der Waals surface area (Å²) in [6.07, 6.45) is 1.46. The SMILES string of the molecule is O=C(Cn1nc(-c2ccc3ccccc3c2)ccc1=O)N1CCN(C(=O)c2ccco2)CC1. The lowest BCUT2D eigenvalue weighted by molar-refractivity contribution is -0.133. The topological polar surface area (TPSA) is 88.7 Å². The highest BCUT2D eigenvalue weighted by molar-refractivity contribution is 5.91. The van der Waals surface area contributed by atoms with E-state index in [-0.39, 0.29) is 29.7 Å². The molecule has 3 heterocycles. The quantitative estimate of drug-likeness (QED) is 0.485. The van der Waals surface area contributed by atoms with Crippen molar-refractivity contribution in [3.63, 3.8) is 0 Å². The number of nitrogens with zero attached hydrogens (tertiary/aromatic N) is 4. The van der Waals surface area contributed by atoms with Gasteiger partial charge in [0.1, 0.15) is 6.54 Å². The molecule has 0 atom stereocenters. The number of carbonyl (C=O) groups excluding carboxylic acids is 2. The van der Waals surface area contributed by atoms with Gasteiger partial charge in [-0.15, -0.1) is 0 Å². The van der Waals surface area contributed by atoms with Crippen LogP contribution in [0.25, 0.3) is 22.0 Å². The molecule has 0 unspecified atom stereocenters. The number of piperazine rings is 1. The van der Waals surface area contributed by atoms with Crippen LogP contribution in [0.3, 0.4) is 0 Å². The molecule has 8 nitrogen and oxygen atoms in total. The average molecular weight is 442 g/mol. The summed E-state index contributed by atoms with van der Waals surface area (Å²) in [5.74, 6) is -0.102. The molecule has 1 fully saturated rings. The predicted octanol–water partition coefficient (Wildman–Crippen LogP) is 2.64. The van der Waals surface area contributed by atoms with Crippen LogP contribution in [0.1, 0.15) is 10.6 Å². The van der Waals surface area contributed by atoms with Gasteiger partial charge in [0.25, 0.3) is 11.5 Å². The molecular weight excluding hydrogens is 420 g/mol. The van der Waals surface area contributed by atoms with Crippen LogP contribution in [0.5, 0.6) is 0 Å². The smallest absolute Gasteiger partial charge is 0.289 e. The van der Waals surface area contributed by atoms with Crippen LogP contribution in [0.2, 0.25) is 0 Å². The maximum absolute atomic E-state index is 12.9. The Labute approximate surface area is 189 Å². The maximum atomic E-state index is 12.9. The Kier molecular flexibility index (Phi) is 5.48. The first-order chi connectivity index (χ1) is 16.1. The Morgan fingerprint density at radius 2 is 1.61 bits per heavy atom. The molecule has 0 radical (unpaired) electrons. The van der Waals surface area contributed by atoms with Crippen molar-refractivity contribution in [2.24, 2.45) is 0 Å². The Hall–Kier alpha value is -4.20. The lowest BCUT2D eigenvalue weighted by Crippen LogP contribution is -2.51. The van der Waals surface area contributed by atoms with Crippen molar-refractivity contribution in [1.29, 1.82) is 0 Å². The van der Waals surface area contributed by atoms with Gasteiger partial charge >= 0.3 is 0 Å². The number of fused-ring (bicyclic) bond motifs is 1. The minimum Gasteiger partial charge on any atom is -0.459 e. The molecule has 1 aliphatic heterocycles. The average Bonchev–Trinajstić information content (AvgIpc) is 3.40. The lowest BCUT2D eigenvalue weighted by Gasteiger charge is -2.34. The van der Waals surface area contributed by atoms with Crippen LogP contribution in [-0.4, -0.2) is 57.6 Å². The van der Waals surface area contributed by atoms with Crippen molar-refractivity contribution in [1.82, 2.24) is 19.6 Å². The third-order valence-corrected chi connectivity index (χ3v) is 5.85. The summed E-state index contributed by atoms with van der Waals surface area (Å²) in [7, 11) is 0. The molecule has 0 bridgehead atoms. The summed E-state index contributed by atoms with van der Waals surface area (Å²) in [6, 6.07) is 20.4. The summed E-state index contributed by atoms with van der Waals surface area (Å²) in [4.78, 5) is 40.9. The molecule has 0 spiro atoms. The molecule has 4 aromatic rings. The van der Waals surface area contributed by atoms with Crippen LogP contribution in [0, 0.1) is 0 Å². The number of hydrogen-bond donors (Lipinski definition) is 0. The summed E-state index contributed by atoms with van der Waals surface area (Å²) in [5.41, 5.74) is 1.17. The van der Waals surface area contributed by atoms with E-state index in [0.717, 1.165) is 16.3 Å². The molecule has 1 aliphatic rings. The molecule has 166 valence electrons. The van der Waals surface area contributed by atoms with E-state index in [4.69, 9.17) is 4.42 Å². The van der Waals surface area contributed by atoms with Gasteiger partial charge in [-0.25, -0.2) is 4.68 Å². The summed E-state index contributed by atoms with van der Waals surface area (Å²) in [6.45, 7) is 1.46. The first-order valence-corrected chi connectivity index (χ1v) is 10.8. The Bertz CT molecular complexity index is 1370. The van der Waals surface area contributed by atoms with Crippen LogP contribution in [0.4, 0.5) is 0 Å². The van der Waals surface area contributed by atoms with Crippen molar-refractivity contribution in [2.75, 3.05) is 26.2 Å². The highest BCUT2D eigenvalue weighted by Gasteiger charge is 2.26. The molecule has 33 heavy (non-hydrogen) atoms. The van der Waals surface area contributed by atoms with Gasteiger partial charge < -0.3 is 14.2 Å².